The molecule has 7 heteroatoms. The minimum Gasteiger partial charge on any atom is -0.352 e. The van der Waals surface area contributed by atoms with Crippen LogP contribution in [-0.2, 0) is 13.0 Å². The van der Waals surface area contributed by atoms with Crippen molar-refractivity contribution in [3.8, 4) is 6.07 Å². The fourth-order valence-corrected chi connectivity index (χ4v) is 1.29. The Hall–Kier alpha value is -2.49. The molecule has 0 aliphatic carbocycles. The molecule has 2 rings (SSSR count). The summed E-state index contributed by atoms with van der Waals surface area (Å²) in [5.74, 6) is 0.526. The number of hydrogen-bond acceptors (Lipinski definition) is 6. The standard InChI is InChI=1S/C10H11N7/c11-3-1-9-2-4-13-10(16-9)14-5-6-17-8-12-7-15-17/h2,4,7-8H,1,5-6H2,(H,13,14,16). The van der Waals surface area contributed by atoms with Crippen LogP contribution in [0.5, 0.6) is 0 Å². The molecule has 2 aromatic heterocycles. The topological polar surface area (TPSA) is 92.3 Å². The van der Waals surface area contributed by atoms with Gasteiger partial charge in [0.1, 0.15) is 12.7 Å². The first-order valence-corrected chi connectivity index (χ1v) is 5.13. The molecule has 86 valence electrons. The SMILES string of the molecule is N#CCc1ccnc(NCCn2cncn2)n1. The van der Waals surface area contributed by atoms with Crippen LogP contribution in [0.1, 0.15) is 5.69 Å². The van der Waals surface area contributed by atoms with Crippen LogP contribution in [0.25, 0.3) is 0 Å². The Labute approximate surface area is 98.2 Å². The molecule has 0 saturated carbocycles. The van der Waals surface area contributed by atoms with E-state index in [4.69, 9.17) is 5.26 Å². The van der Waals surface area contributed by atoms with Gasteiger partial charge in [-0.25, -0.2) is 15.0 Å². The number of aromatic nitrogens is 5. The Bertz CT molecular complexity index is 500. The molecule has 0 aliphatic heterocycles. The fraction of sp³-hybridized carbons (Fsp3) is 0.300. The van der Waals surface area contributed by atoms with Crippen molar-refractivity contribution in [2.24, 2.45) is 0 Å². The zero-order valence-corrected chi connectivity index (χ0v) is 9.11. The Morgan fingerprint density at radius 1 is 1.47 bits per heavy atom. The van der Waals surface area contributed by atoms with Gasteiger partial charge in [-0.3, -0.25) is 4.68 Å². The fourth-order valence-electron chi connectivity index (χ4n) is 1.29. The molecule has 1 N–H and O–H groups in total. The molecule has 2 aromatic rings. The van der Waals surface area contributed by atoms with Crippen LogP contribution in [-0.4, -0.2) is 31.3 Å². The van der Waals surface area contributed by atoms with Crippen molar-refractivity contribution in [3.05, 3.63) is 30.6 Å². The van der Waals surface area contributed by atoms with E-state index in [2.05, 4.69) is 25.4 Å². The van der Waals surface area contributed by atoms with Crippen LogP contribution in [0, 0.1) is 11.3 Å². The molecule has 2 heterocycles. The maximum Gasteiger partial charge on any atom is 0.222 e. The van der Waals surface area contributed by atoms with Gasteiger partial charge in [0, 0.05) is 12.7 Å². The summed E-state index contributed by atoms with van der Waals surface area (Å²) < 4.78 is 1.71. The quantitative estimate of drug-likeness (QED) is 0.789. The van der Waals surface area contributed by atoms with E-state index < -0.39 is 0 Å². The Morgan fingerprint density at radius 3 is 3.18 bits per heavy atom. The molecule has 0 aromatic carbocycles. The number of anilines is 1. The molecule has 17 heavy (non-hydrogen) atoms. The van der Waals surface area contributed by atoms with E-state index in [1.54, 1.807) is 23.3 Å². The van der Waals surface area contributed by atoms with Crippen molar-refractivity contribution >= 4 is 5.95 Å². The van der Waals surface area contributed by atoms with Gasteiger partial charge in [-0.1, -0.05) is 0 Å². The van der Waals surface area contributed by atoms with Crippen molar-refractivity contribution in [1.29, 1.82) is 5.26 Å². The third-order valence-corrected chi connectivity index (χ3v) is 2.06. The molecule has 0 aliphatic rings. The molecule has 7 nitrogen and oxygen atoms in total. The second-order valence-corrected chi connectivity index (χ2v) is 3.29. The summed E-state index contributed by atoms with van der Waals surface area (Å²) in [7, 11) is 0. The smallest absolute Gasteiger partial charge is 0.222 e. The summed E-state index contributed by atoms with van der Waals surface area (Å²) in [4.78, 5) is 12.1. The first kappa shape index (κ1) is 11.0. The van der Waals surface area contributed by atoms with E-state index in [9.17, 15) is 0 Å². The third kappa shape index (κ3) is 3.24. The lowest BCUT2D eigenvalue weighted by Gasteiger charge is -2.04. The monoisotopic (exact) mass is 229 g/mol. The van der Waals surface area contributed by atoms with Gasteiger partial charge in [0.2, 0.25) is 5.95 Å². The summed E-state index contributed by atoms with van der Waals surface area (Å²) in [6.07, 6.45) is 5.07. The van der Waals surface area contributed by atoms with Crippen LogP contribution >= 0.6 is 0 Å². The normalized spacial score (nSPS) is 9.82. The first-order valence-electron chi connectivity index (χ1n) is 5.13. The molecule has 0 fully saturated rings. The zero-order chi connectivity index (χ0) is 11.9. The average Bonchev–Trinajstić information content (AvgIpc) is 2.83. The van der Waals surface area contributed by atoms with E-state index in [1.165, 1.54) is 6.33 Å². The van der Waals surface area contributed by atoms with Crippen LogP contribution in [0.4, 0.5) is 5.95 Å². The number of nitriles is 1. The van der Waals surface area contributed by atoms with E-state index in [1.807, 2.05) is 6.07 Å². The Balaban J connectivity index is 1.86. The molecular formula is C10H11N7. The predicted molar refractivity (Wildman–Crippen MR) is 59.9 cm³/mol. The van der Waals surface area contributed by atoms with Gasteiger partial charge in [-0.2, -0.15) is 10.4 Å². The summed E-state index contributed by atoms with van der Waals surface area (Å²) >= 11 is 0. The number of nitrogens with zero attached hydrogens (tertiary/aromatic N) is 6. The zero-order valence-electron chi connectivity index (χ0n) is 9.11. The lowest BCUT2D eigenvalue weighted by atomic mass is 10.3. The average molecular weight is 229 g/mol. The molecule has 0 spiro atoms. The number of hydrogen-bond donors (Lipinski definition) is 1. The van der Waals surface area contributed by atoms with E-state index in [0.717, 1.165) is 0 Å². The van der Waals surface area contributed by atoms with Gasteiger partial charge in [-0.15, -0.1) is 0 Å². The highest BCUT2D eigenvalue weighted by atomic mass is 15.3. The van der Waals surface area contributed by atoms with Crippen LogP contribution < -0.4 is 5.32 Å². The Kier molecular flexibility index (Phi) is 3.60. The minimum absolute atomic E-state index is 0.292. The van der Waals surface area contributed by atoms with Gasteiger partial charge in [0.15, 0.2) is 0 Å². The molecule has 0 bridgehead atoms. The lowest BCUT2D eigenvalue weighted by molar-refractivity contribution is 0.634. The Morgan fingerprint density at radius 2 is 2.41 bits per heavy atom. The predicted octanol–water partition coefficient (Wildman–Crippen LogP) is 0.246. The summed E-state index contributed by atoms with van der Waals surface area (Å²) in [6.45, 7) is 1.34. The molecule has 0 saturated heterocycles. The molecule has 0 radical (unpaired) electrons. The van der Waals surface area contributed by atoms with Gasteiger partial charge in [0.25, 0.3) is 0 Å². The maximum atomic E-state index is 8.56. The van der Waals surface area contributed by atoms with Crippen molar-refractivity contribution in [2.45, 2.75) is 13.0 Å². The maximum absolute atomic E-state index is 8.56. The minimum atomic E-state index is 0.292. The molecule has 0 atom stereocenters. The van der Waals surface area contributed by atoms with Crippen LogP contribution in [0.15, 0.2) is 24.9 Å². The summed E-state index contributed by atoms with van der Waals surface area (Å²) in [5, 5.41) is 15.6. The van der Waals surface area contributed by atoms with Gasteiger partial charge >= 0.3 is 0 Å². The van der Waals surface area contributed by atoms with Crippen LogP contribution in [0.3, 0.4) is 0 Å². The van der Waals surface area contributed by atoms with E-state index >= 15 is 0 Å². The van der Waals surface area contributed by atoms with Gasteiger partial charge in [-0.05, 0) is 6.07 Å². The van der Waals surface area contributed by atoms with Crippen molar-refractivity contribution in [1.82, 2.24) is 24.7 Å². The summed E-state index contributed by atoms with van der Waals surface area (Å²) in [5.41, 5.74) is 0.714. The first-order chi connectivity index (χ1) is 8.38. The largest absolute Gasteiger partial charge is 0.352 e. The van der Waals surface area contributed by atoms with Crippen LogP contribution in [0.2, 0.25) is 0 Å². The highest BCUT2D eigenvalue weighted by Gasteiger charge is 1.98. The molecule has 0 unspecified atom stereocenters. The van der Waals surface area contributed by atoms with Gasteiger partial charge in [0.05, 0.1) is 24.7 Å². The van der Waals surface area contributed by atoms with E-state index in [0.29, 0.717) is 31.2 Å². The number of nitrogens with one attached hydrogen (secondary N) is 1. The molecular weight excluding hydrogens is 218 g/mol. The summed E-state index contributed by atoms with van der Waals surface area (Å²) in [6, 6.07) is 3.78. The van der Waals surface area contributed by atoms with E-state index in [-0.39, 0.29) is 0 Å². The van der Waals surface area contributed by atoms with Crippen molar-refractivity contribution < 1.29 is 0 Å². The highest BCUT2D eigenvalue weighted by molar-refractivity contribution is 5.25. The van der Waals surface area contributed by atoms with Crippen molar-refractivity contribution in [3.63, 3.8) is 0 Å². The highest BCUT2D eigenvalue weighted by Crippen LogP contribution is 2.00. The number of rotatable bonds is 5. The lowest BCUT2D eigenvalue weighted by Crippen LogP contribution is -2.13. The van der Waals surface area contributed by atoms with Gasteiger partial charge < -0.3 is 5.32 Å². The second-order valence-electron chi connectivity index (χ2n) is 3.29. The molecule has 0 amide bonds. The second kappa shape index (κ2) is 5.55. The third-order valence-electron chi connectivity index (χ3n) is 2.06. The van der Waals surface area contributed by atoms with Crippen molar-refractivity contribution in [2.75, 3.05) is 11.9 Å².